The van der Waals surface area contributed by atoms with Crippen LogP contribution in [0.5, 0.6) is 0 Å². The van der Waals surface area contributed by atoms with Gasteiger partial charge in [0.1, 0.15) is 5.69 Å². The van der Waals surface area contributed by atoms with Gasteiger partial charge in [0, 0.05) is 27.5 Å². The van der Waals surface area contributed by atoms with Crippen molar-refractivity contribution in [3.63, 3.8) is 0 Å². The van der Waals surface area contributed by atoms with E-state index in [-0.39, 0.29) is 0 Å². The topological polar surface area (TPSA) is 26.0 Å². The van der Waals surface area contributed by atoms with Crippen molar-refractivity contribution in [3.05, 3.63) is 65.2 Å². The summed E-state index contributed by atoms with van der Waals surface area (Å²) in [6.45, 7) is 0. The normalized spacial score (nSPS) is 10.7. The summed E-state index contributed by atoms with van der Waals surface area (Å²) in [6, 6.07) is 17.6. The molecule has 0 fully saturated rings. The molecule has 0 aliphatic carbocycles. The number of hydrogen-bond donors (Lipinski definition) is 0. The minimum absolute atomic E-state index is 0.707. The molecule has 1 heterocycles. The third kappa shape index (κ3) is 2.65. The predicted molar refractivity (Wildman–Crippen MR) is 85.0 cm³/mol. The molecule has 0 aliphatic heterocycles. The molecule has 1 aromatic heterocycles. The maximum absolute atomic E-state index is 5.89. The Balaban J connectivity index is 2.00. The molecule has 0 atom stereocenters. The maximum Gasteiger partial charge on any atom is 0.167 e. The summed E-state index contributed by atoms with van der Waals surface area (Å²) in [5.41, 5.74) is 4.06. The predicted octanol–water partition coefficient (Wildman–Crippen LogP) is 5.56. The molecule has 0 saturated carbocycles. The summed E-state index contributed by atoms with van der Waals surface area (Å²) in [6.07, 6.45) is 0. The molecule has 3 aromatic rings. The number of nitrogens with zero attached hydrogens (tertiary/aromatic N) is 1. The van der Waals surface area contributed by atoms with E-state index in [0.29, 0.717) is 5.02 Å². The Hall–Kier alpha value is -1.58. The van der Waals surface area contributed by atoms with E-state index in [4.69, 9.17) is 16.1 Å². The summed E-state index contributed by atoms with van der Waals surface area (Å²) in [5.74, 6) is 0.737. The minimum atomic E-state index is 0.707. The molecular weight excluding hydrogens is 338 g/mol. The van der Waals surface area contributed by atoms with Gasteiger partial charge in [-0.25, -0.2) is 0 Å². The molecule has 2 aromatic carbocycles. The lowest BCUT2D eigenvalue weighted by Gasteiger charge is -2.01. The Labute approximate surface area is 130 Å². The van der Waals surface area contributed by atoms with E-state index < -0.39 is 0 Å². The van der Waals surface area contributed by atoms with Crippen LogP contribution >= 0.6 is 27.5 Å². The fourth-order valence-corrected chi connectivity index (χ4v) is 2.65. The summed E-state index contributed by atoms with van der Waals surface area (Å²) in [5, 5.41) is 5.66. The molecule has 0 spiro atoms. The molecule has 0 unspecified atom stereocenters. The molecule has 0 N–H and O–H groups in total. The molecule has 0 bridgehead atoms. The number of alkyl halides is 1. The van der Waals surface area contributed by atoms with Gasteiger partial charge in [-0.1, -0.05) is 57.0 Å². The molecule has 0 saturated heterocycles. The number of aromatic nitrogens is 1. The molecule has 0 amide bonds. The average Bonchev–Trinajstić information content (AvgIpc) is 2.97. The van der Waals surface area contributed by atoms with Crippen molar-refractivity contribution in [1.82, 2.24) is 5.16 Å². The number of benzene rings is 2. The zero-order valence-corrected chi connectivity index (χ0v) is 12.9. The Morgan fingerprint density at radius 1 is 1.05 bits per heavy atom. The zero-order valence-electron chi connectivity index (χ0n) is 10.5. The van der Waals surface area contributed by atoms with E-state index in [2.05, 4.69) is 27.2 Å². The highest BCUT2D eigenvalue weighted by Crippen LogP contribution is 2.29. The van der Waals surface area contributed by atoms with Crippen LogP contribution in [0.15, 0.2) is 59.1 Å². The lowest BCUT2D eigenvalue weighted by Crippen LogP contribution is -1.84. The zero-order chi connectivity index (χ0) is 13.9. The van der Waals surface area contributed by atoms with E-state index >= 15 is 0 Å². The Kier molecular flexibility index (Phi) is 3.90. The van der Waals surface area contributed by atoms with Gasteiger partial charge in [-0.3, -0.25) is 0 Å². The van der Waals surface area contributed by atoms with Gasteiger partial charge >= 0.3 is 0 Å². The van der Waals surface area contributed by atoms with Crippen molar-refractivity contribution >= 4 is 27.5 Å². The monoisotopic (exact) mass is 347 g/mol. The smallest absolute Gasteiger partial charge is 0.167 e. The number of halogens is 2. The van der Waals surface area contributed by atoms with Crippen LogP contribution in [0, 0.1) is 0 Å². The summed E-state index contributed by atoms with van der Waals surface area (Å²) in [7, 11) is 0. The highest BCUT2D eigenvalue weighted by Gasteiger charge is 2.11. The minimum Gasteiger partial charge on any atom is -0.356 e. The first-order valence-electron chi connectivity index (χ1n) is 6.15. The standard InChI is InChI=1S/C16H11BrClNO/c17-10-12-3-1-2-4-14(12)15-9-16(20-19-15)11-5-7-13(18)8-6-11/h1-9H,10H2. The maximum atomic E-state index is 5.89. The second kappa shape index (κ2) is 5.81. The fourth-order valence-electron chi connectivity index (χ4n) is 2.04. The van der Waals surface area contributed by atoms with Crippen molar-refractivity contribution in [2.75, 3.05) is 0 Å². The second-order valence-corrected chi connectivity index (χ2v) is 5.37. The molecule has 4 heteroatoms. The van der Waals surface area contributed by atoms with Gasteiger partial charge in [-0.2, -0.15) is 0 Å². The van der Waals surface area contributed by atoms with Gasteiger partial charge in [0.2, 0.25) is 0 Å². The van der Waals surface area contributed by atoms with E-state index in [1.807, 2.05) is 48.5 Å². The summed E-state index contributed by atoms with van der Waals surface area (Å²) < 4.78 is 5.44. The summed E-state index contributed by atoms with van der Waals surface area (Å²) >= 11 is 9.38. The average molecular weight is 349 g/mol. The quantitative estimate of drug-likeness (QED) is 0.579. The first-order chi connectivity index (χ1) is 9.78. The molecular formula is C16H11BrClNO. The molecule has 20 heavy (non-hydrogen) atoms. The largest absolute Gasteiger partial charge is 0.356 e. The van der Waals surface area contributed by atoms with Gasteiger partial charge in [-0.05, 0) is 29.8 Å². The van der Waals surface area contributed by atoms with Crippen LogP contribution in [0.4, 0.5) is 0 Å². The Morgan fingerprint density at radius 3 is 2.55 bits per heavy atom. The SMILES string of the molecule is Clc1ccc(-c2cc(-c3ccccc3CBr)no2)cc1. The van der Waals surface area contributed by atoms with Crippen LogP contribution in [-0.2, 0) is 5.33 Å². The van der Waals surface area contributed by atoms with Crippen molar-refractivity contribution in [2.24, 2.45) is 0 Å². The van der Waals surface area contributed by atoms with Crippen LogP contribution in [-0.4, -0.2) is 5.16 Å². The third-order valence-electron chi connectivity index (χ3n) is 3.08. The van der Waals surface area contributed by atoms with E-state index in [0.717, 1.165) is 27.9 Å². The van der Waals surface area contributed by atoms with Crippen molar-refractivity contribution in [2.45, 2.75) is 5.33 Å². The fraction of sp³-hybridized carbons (Fsp3) is 0.0625. The van der Waals surface area contributed by atoms with E-state index in [1.54, 1.807) is 0 Å². The lowest BCUT2D eigenvalue weighted by atomic mass is 10.0. The van der Waals surface area contributed by atoms with Gasteiger partial charge in [0.05, 0.1) is 0 Å². The van der Waals surface area contributed by atoms with Crippen molar-refractivity contribution in [3.8, 4) is 22.6 Å². The van der Waals surface area contributed by atoms with Crippen LogP contribution in [0.1, 0.15) is 5.56 Å². The number of rotatable bonds is 3. The molecule has 100 valence electrons. The molecule has 0 radical (unpaired) electrons. The van der Waals surface area contributed by atoms with Gasteiger partial charge in [0.15, 0.2) is 5.76 Å². The van der Waals surface area contributed by atoms with Gasteiger partial charge in [0.25, 0.3) is 0 Å². The molecule has 0 aliphatic rings. The van der Waals surface area contributed by atoms with E-state index in [1.165, 1.54) is 5.56 Å². The summed E-state index contributed by atoms with van der Waals surface area (Å²) in [4.78, 5) is 0. The molecule has 3 rings (SSSR count). The highest BCUT2D eigenvalue weighted by atomic mass is 79.9. The van der Waals surface area contributed by atoms with Gasteiger partial charge in [-0.15, -0.1) is 0 Å². The van der Waals surface area contributed by atoms with Crippen molar-refractivity contribution in [1.29, 1.82) is 0 Å². The first kappa shape index (κ1) is 13.4. The Morgan fingerprint density at radius 2 is 1.80 bits per heavy atom. The van der Waals surface area contributed by atoms with Crippen LogP contribution in [0.3, 0.4) is 0 Å². The van der Waals surface area contributed by atoms with Crippen LogP contribution < -0.4 is 0 Å². The third-order valence-corrected chi connectivity index (χ3v) is 3.93. The second-order valence-electron chi connectivity index (χ2n) is 4.37. The first-order valence-corrected chi connectivity index (χ1v) is 7.65. The van der Waals surface area contributed by atoms with Crippen molar-refractivity contribution < 1.29 is 4.52 Å². The number of hydrogen-bond acceptors (Lipinski definition) is 2. The Bertz CT molecular complexity index is 721. The van der Waals surface area contributed by atoms with E-state index in [9.17, 15) is 0 Å². The molecule has 2 nitrogen and oxygen atoms in total. The van der Waals surface area contributed by atoms with Gasteiger partial charge < -0.3 is 4.52 Å². The van der Waals surface area contributed by atoms with Crippen LogP contribution in [0.25, 0.3) is 22.6 Å². The highest BCUT2D eigenvalue weighted by molar-refractivity contribution is 9.08. The lowest BCUT2D eigenvalue weighted by molar-refractivity contribution is 0.435. The van der Waals surface area contributed by atoms with Crippen LogP contribution in [0.2, 0.25) is 5.02 Å².